The number of ether oxygens (including phenoxy) is 1. The molecule has 0 spiro atoms. The first kappa shape index (κ1) is 17.7. The van der Waals surface area contributed by atoms with Gasteiger partial charge in [0.1, 0.15) is 5.75 Å². The predicted molar refractivity (Wildman–Crippen MR) is 90.8 cm³/mol. The topological polar surface area (TPSA) is 96.0 Å². The van der Waals surface area contributed by atoms with Gasteiger partial charge in [-0.25, -0.2) is 8.42 Å². The van der Waals surface area contributed by atoms with E-state index in [-0.39, 0.29) is 29.8 Å². The lowest BCUT2D eigenvalue weighted by Gasteiger charge is -2.34. The molecule has 0 saturated carbocycles. The van der Waals surface area contributed by atoms with E-state index in [9.17, 15) is 18.0 Å². The Hall–Kier alpha value is -2.13. The van der Waals surface area contributed by atoms with Crippen LogP contribution in [0.15, 0.2) is 23.1 Å². The normalized spacial score (nSPS) is 21.3. The highest BCUT2D eigenvalue weighted by molar-refractivity contribution is 7.89. The molecular weight excluding hydrogens is 346 g/mol. The molecule has 1 aromatic rings. The fourth-order valence-electron chi connectivity index (χ4n) is 2.90. The third-order valence-electron chi connectivity index (χ3n) is 4.41. The van der Waals surface area contributed by atoms with E-state index in [0.717, 1.165) is 0 Å². The Morgan fingerprint density at radius 2 is 1.96 bits per heavy atom. The lowest BCUT2D eigenvalue weighted by Crippen LogP contribution is -2.50. The number of nitrogens with zero attached hydrogens (tertiary/aromatic N) is 2. The summed E-state index contributed by atoms with van der Waals surface area (Å²) in [6.45, 7) is 4.69. The molecule has 9 heteroatoms. The fourth-order valence-corrected chi connectivity index (χ4v) is 4.35. The molecule has 1 aromatic carbocycles. The minimum Gasteiger partial charge on any atom is -0.479 e. The van der Waals surface area contributed by atoms with E-state index in [1.54, 1.807) is 24.8 Å². The van der Waals surface area contributed by atoms with Gasteiger partial charge < -0.3 is 15.0 Å². The molecule has 2 aliphatic heterocycles. The molecule has 2 amide bonds. The third kappa shape index (κ3) is 3.34. The Labute approximate surface area is 146 Å². The molecule has 1 fully saturated rings. The van der Waals surface area contributed by atoms with Gasteiger partial charge >= 0.3 is 0 Å². The Bertz CT molecular complexity index is 800. The molecule has 3 rings (SSSR count). The van der Waals surface area contributed by atoms with Crippen molar-refractivity contribution in [2.45, 2.75) is 31.3 Å². The second-order valence-electron chi connectivity index (χ2n) is 6.05. The molecule has 0 radical (unpaired) electrons. The molecule has 1 unspecified atom stereocenters. The second-order valence-corrected chi connectivity index (χ2v) is 7.98. The van der Waals surface area contributed by atoms with Crippen molar-refractivity contribution < 1.29 is 22.7 Å². The van der Waals surface area contributed by atoms with E-state index >= 15 is 0 Å². The predicted octanol–water partition coefficient (Wildman–Crippen LogP) is 0.649. The number of benzene rings is 1. The number of carbonyl (C=O) groups is 2. The van der Waals surface area contributed by atoms with Gasteiger partial charge in [0.25, 0.3) is 5.91 Å². The maximum Gasteiger partial charge on any atom is 0.265 e. The number of carbonyl (C=O) groups excluding carboxylic acids is 2. The molecule has 25 heavy (non-hydrogen) atoms. The number of sulfonamides is 1. The summed E-state index contributed by atoms with van der Waals surface area (Å²) in [4.78, 5) is 25.2. The molecule has 0 bridgehead atoms. The Morgan fingerprint density at radius 3 is 2.60 bits per heavy atom. The van der Waals surface area contributed by atoms with Crippen molar-refractivity contribution >= 4 is 27.5 Å². The van der Waals surface area contributed by atoms with E-state index in [2.05, 4.69) is 5.32 Å². The number of anilines is 1. The van der Waals surface area contributed by atoms with Crippen LogP contribution in [0.5, 0.6) is 5.75 Å². The minimum atomic E-state index is -3.69. The SMILES string of the molecule is CCC(=O)N1CCN(S(=O)(=O)c2ccc3c(c2)NC(=O)C(C)O3)CC1. The quantitative estimate of drug-likeness (QED) is 0.846. The molecule has 1 N–H and O–H groups in total. The van der Waals surface area contributed by atoms with Gasteiger partial charge in [-0.2, -0.15) is 4.31 Å². The lowest BCUT2D eigenvalue weighted by atomic mass is 10.2. The average Bonchev–Trinajstić information content (AvgIpc) is 2.61. The first-order valence-electron chi connectivity index (χ1n) is 8.22. The molecule has 0 aliphatic carbocycles. The van der Waals surface area contributed by atoms with Crippen molar-refractivity contribution in [3.63, 3.8) is 0 Å². The van der Waals surface area contributed by atoms with Crippen molar-refractivity contribution in [3.8, 4) is 5.75 Å². The fraction of sp³-hybridized carbons (Fsp3) is 0.500. The number of hydrogen-bond acceptors (Lipinski definition) is 5. The van der Waals surface area contributed by atoms with Crippen LogP contribution in [0.3, 0.4) is 0 Å². The van der Waals surface area contributed by atoms with Gasteiger partial charge in [-0.05, 0) is 25.1 Å². The van der Waals surface area contributed by atoms with Crippen molar-refractivity contribution in [1.82, 2.24) is 9.21 Å². The van der Waals surface area contributed by atoms with Crippen LogP contribution in [0.25, 0.3) is 0 Å². The van der Waals surface area contributed by atoms with Crippen molar-refractivity contribution in [2.75, 3.05) is 31.5 Å². The number of fused-ring (bicyclic) bond motifs is 1. The van der Waals surface area contributed by atoms with Gasteiger partial charge in [0.15, 0.2) is 6.10 Å². The van der Waals surface area contributed by atoms with E-state index in [4.69, 9.17) is 4.74 Å². The first-order valence-corrected chi connectivity index (χ1v) is 9.66. The molecule has 2 aliphatic rings. The molecule has 136 valence electrons. The number of piperazine rings is 1. The Morgan fingerprint density at radius 1 is 1.28 bits per heavy atom. The number of rotatable bonds is 3. The third-order valence-corrected chi connectivity index (χ3v) is 6.31. The summed E-state index contributed by atoms with van der Waals surface area (Å²) in [5.41, 5.74) is 0.351. The Balaban J connectivity index is 1.79. The summed E-state index contributed by atoms with van der Waals surface area (Å²) < 4.78 is 32.5. The summed E-state index contributed by atoms with van der Waals surface area (Å²) in [6, 6.07) is 4.44. The summed E-state index contributed by atoms with van der Waals surface area (Å²) in [7, 11) is -3.69. The van der Waals surface area contributed by atoms with Gasteiger partial charge in [0.05, 0.1) is 10.6 Å². The number of amides is 2. The van der Waals surface area contributed by atoms with Gasteiger partial charge in [-0.15, -0.1) is 0 Å². The van der Waals surface area contributed by atoms with Crippen LogP contribution < -0.4 is 10.1 Å². The number of hydrogen-bond donors (Lipinski definition) is 1. The van der Waals surface area contributed by atoms with Gasteiger partial charge in [0.2, 0.25) is 15.9 Å². The maximum absolute atomic E-state index is 12.8. The summed E-state index contributed by atoms with van der Waals surface area (Å²) in [5.74, 6) is 0.165. The molecule has 1 saturated heterocycles. The number of nitrogens with one attached hydrogen (secondary N) is 1. The molecule has 8 nitrogen and oxygen atoms in total. The smallest absolute Gasteiger partial charge is 0.265 e. The van der Waals surface area contributed by atoms with Gasteiger partial charge in [-0.3, -0.25) is 9.59 Å². The average molecular weight is 367 g/mol. The zero-order valence-corrected chi connectivity index (χ0v) is 15.0. The van der Waals surface area contributed by atoms with Gasteiger partial charge in [-0.1, -0.05) is 6.92 Å². The highest BCUT2D eigenvalue weighted by Crippen LogP contribution is 2.32. The second kappa shape index (κ2) is 6.64. The van der Waals surface area contributed by atoms with Crippen LogP contribution in [-0.4, -0.2) is 61.7 Å². The van der Waals surface area contributed by atoms with Crippen LogP contribution in [-0.2, 0) is 19.6 Å². The summed E-state index contributed by atoms with van der Waals surface area (Å²) in [6.07, 6.45) is -0.200. The van der Waals surface area contributed by atoms with E-state index in [1.807, 2.05) is 0 Å². The zero-order valence-electron chi connectivity index (χ0n) is 14.2. The largest absolute Gasteiger partial charge is 0.479 e. The highest BCUT2D eigenvalue weighted by atomic mass is 32.2. The lowest BCUT2D eigenvalue weighted by molar-refractivity contribution is -0.132. The molecule has 0 aromatic heterocycles. The zero-order chi connectivity index (χ0) is 18.2. The summed E-state index contributed by atoms with van der Waals surface area (Å²) >= 11 is 0. The first-order chi connectivity index (χ1) is 11.8. The van der Waals surface area contributed by atoms with Crippen LogP contribution in [0.4, 0.5) is 5.69 Å². The standard InChI is InChI=1S/C16H21N3O5S/c1-3-15(20)18-6-8-19(9-7-18)25(22,23)12-4-5-14-13(10-12)17-16(21)11(2)24-14/h4-5,10-11H,3,6-9H2,1-2H3,(H,17,21). The van der Waals surface area contributed by atoms with Gasteiger partial charge in [0, 0.05) is 32.6 Å². The minimum absolute atomic E-state index is 0.0276. The van der Waals surface area contributed by atoms with E-state index in [1.165, 1.54) is 16.4 Å². The molecular formula is C16H21N3O5S. The van der Waals surface area contributed by atoms with Crippen molar-refractivity contribution in [2.24, 2.45) is 0 Å². The van der Waals surface area contributed by atoms with E-state index in [0.29, 0.717) is 30.9 Å². The van der Waals surface area contributed by atoms with Crippen molar-refractivity contribution in [1.29, 1.82) is 0 Å². The Kier molecular flexibility index (Phi) is 4.70. The monoisotopic (exact) mass is 367 g/mol. The molecule has 1 atom stereocenters. The summed E-state index contributed by atoms with van der Waals surface area (Å²) in [5, 5.41) is 2.65. The van der Waals surface area contributed by atoms with Crippen LogP contribution in [0.1, 0.15) is 20.3 Å². The maximum atomic E-state index is 12.8. The molecule has 2 heterocycles. The van der Waals surface area contributed by atoms with Crippen LogP contribution in [0.2, 0.25) is 0 Å². The van der Waals surface area contributed by atoms with Crippen LogP contribution >= 0.6 is 0 Å². The highest BCUT2D eigenvalue weighted by Gasteiger charge is 2.31. The van der Waals surface area contributed by atoms with E-state index < -0.39 is 16.1 Å². The van der Waals surface area contributed by atoms with Crippen molar-refractivity contribution in [3.05, 3.63) is 18.2 Å². The van der Waals surface area contributed by atoms with Crippen LogP contribution in [0, 0.1) is 0 Å².